The molecule has 7 nitrogen and oxygen atoms in total. The Morgan fingerprint density at radius 1 is 1.35 bits per heavy atom. The fourth-order valence-corrected chi connectivity index (χ4v) is 1.41. The summed E-state index contributed by atoms with van der Waals surface area (Å²) in [6.45, 7) is 0. The first kappa shape index (κ1) is 11.3. The quantitative estimate of drug-likeness (QED) is 0.421. The van der Waals surface area contributed by atoms with E-state index < -0.39 is 12.0 Å². The van der Waals surface area contributed by atoms with E-state index in [1.54, 1.807) is 12.1 Å². The molecule has 17 heavy (non-hydrogen) atoms. The molecule has 1 aromatic carbocycles. The van der Waals surface area contributed by atoms with Crippen LogP contribution in [-0.2, 0) is 0 Å². The standard InChI is InChI=1S/C9H8BN3O4/c14-10(15)7-5-11-12(6-7)8-3-1-2-4-9(8)13(16)17/h1-6,14-15H. The van der Waals surface area contributed by atoms with Crippen molar-refractivity contribution in [2.45, 2.75) is 0 Å². The van der Waals surface area contributed by atoms with Gasteiger partial charge in [0, 0.05) is 23.9 Å². The smallest absolute Gasteiger partial charge is 0.423 e. The Kier molecular flexibility index (Phi) is 2.90. The molecule has 0 unspecified atom stereocenters. The summed E-state index contributed by atoms with van der Waals surface area (Å²) in [5, 5.41) is 32.5. The van der Waals surface area contributed by atoms with E-state index in [4.69, 9.17) is 10.0 Å². The molecule has 0 aliphatic heterocycles. The van der Waals surface area contributed by atoms with Crippen molar-refractivity contribution in [1.29, 1.82) is 0 Å². The van der Waals surface area contributed by atoms with E-state index in [9.17, 15) is 10.1 Å². The summed E-state index contributed by atoms with van der Waals surface area (Å²) in [7, 11) is -1.65. The molecule has 0 spiro atoms. The number of hydrogen-bond donors (Lipinski definition) is 2. The SMILES string of the molecule is O=[N+]([O-])c1ccccc1-n1cc(B(O)O)cn1. The molecular weight excluding hydrogens is 225 g/mol. The van der Waals surface area contributed by atoms with Gasteiger partial charge < -0.3 is 10.0 Å². The second-order valence-electron chi connectivity index (χ2n) is 3.34. The summed E-state index contributed by atoms with van der Waals surface area (Å²) in [5.41, 5.74) is 0.335. The molecule has 0 fully saturated rings. The fourth-order valence-electron chi connectivity index (χ4n) is 1.41. The Balaban J connectivity index is 2.49. The zero-order valence-electron chi connectivity index (χ0n) is 8.59. The van der Waals surface area contributed by atoms with Gasteiger partial charge in [0.1, 0.15) is 5.69 Å². The maximum atomic E-state index is 10.8. The highest BCUT2D eigenvalue weighted by Gasteiger charge is 2.18. The van der Waals surface area contributed by atoms with Gasteiger partial charge >= 0.3 is 7.12 Å². The Labute approximate surface area is 96.2 Å². The summed E-state index contributed by atoms with van der Waals surface area (Å²) in [6, 6.07) is 6.07. The first-order valence-corrected chi connectivity index (χ1v) is 4.74. The Bertz CT molecular complexity index is 555. The third kappa shape index (κ3) is 2.17. The fraction of sp³-hybridized carbons (Fsp3) is 0. The lowest BCUT2D eigenvalue weighted by molar-refractivity contribution is -0.384. The predicted molar refractivity (Wildman–Crippen MR) is 60.0 cm³/mol. The number of nitro groups is 1. The minimum Gasteiger partial charge on any atom is -0.423 e. The normalized spacial score (nSPS) is 10.2. The van der Waals surface area contributed by atoms with Crippen LogP contribution in [0.2, 0.25) is 0 Å². The molecule has 0 atom stereocenters. The van der Waals surface area contributed by atoms with E-state index in [1.165, 1.54) is 29.2 Å². The highest BCUT2D eigenvalue weighted by atomic mass is 16.6. The molecule has 0 aliphatic carbocycles. The van der Waals surface area contributed by atoms with E-state index in [0.717, 1.165) is 0 Å². The lowest BCUT2D eigenvalue weighted by Crippen LogP contribution is -2.28. The van der Waals surface area contributed by atoms with Crippen molar-refractivity contribution in [3.63, 3.8) is 0 Å². The maximum absolute atomic E-state index is 10.8. The number of rotatable bonds is 3. The van der Waals surface area contributed by atoms with Crippen molar-refractivity contribution in [2.75, 3.05) is 0 Å². The molecule has 86 valence electrons. The average Bonchev–Trinajstić information content (AvgIpc) is 2.78. The predicted octanol–water partition coefficient (Wildman–Crippen LogP) is -0.540. The van der Waals surface area contributed by atoms with Gasteiger partial charge in [-0.1, -0.05) is 12.1 Å². The van der Waals surface area contributed by atoms with Crippen LogP contribution in [0.1, 0.15) is 0 Å². The summed E-state index contributed by atoms with van der Waals surface area (Å²) in [4.78, 5) is 10.3. The molecule has 8 heteroatoms. The van der Waals surface area contributed by atoms with Crippen LogP contribution in [0, 0.1) is 10.1 Å². The van der Waals surface area contributed by atoms with E-state index >= 15 is 0 Å². The van der Waals surface area contributed by atoms with Crippen LogP contribution in [0.25, 0.3) is 5.69 Å². The van der Waals surface area contributed by atoms with Crippen LogP contribution in [0.5, 0.6) is 0 Å². The van der Waals surface area contributed by atoms with Crippen LogP contribution in [0.15, 0.2) is 36.7 Å². The van der Waals surface area contributed by atoms with Gasteiger partial charge in [-0.2, -0.15) is 5.10 Å². The summed E-state index contributed by atoms with van der Waals surface area (Å²) in [6.07, 6.45) is 2.56. The van der Waals surface area contributed by atoms with Crippen LogP contribution < -0.4 is 5.46 Å². The molecule has 1 heterocycles. The number of nitro benzene ring substituents is 1. The molecule has 2 N–H and O–H groups in total. The molecule has 2 aromatic rings. The monoisotopic (exact) mass is 233 g/mol. The molecule has 0 aliphatic rings. The maximum Gasteiger partial charge on any atom is 0.491 e. The summed E-state index contributed by atoms with van der Waals surface area (Å²) >= 11 is 0. The van der Waals surface area contributed by atoms with Gasteiger partial charge in [-0.15, -0.1) is 0 Å². The Morgan fingerprint density at radius 3 is 2.65 bits per heavy atom. The van der Waals surface area contributed by atoms with E-state index in [1.807, 2.05) is 0 Å². The second kappa shape index (κ2) is 4.36. The van der Waals surface area contributed by atoms with Crippen molar-refractivity contribution in [2.24, 2.45) is 0 Å². The molecule has 0 saturated carbocycles. The third-order valence-corrected chi connectivity index (χ3v) is 2.23. The van der Waals surface area contributed by atoms with E-state index in [-0.39, 0.29) is 16.8 Å². The lowest BCUT2D eigenvalue weighted by atomic mass is 9.83. The second-order valence-corrected chi connectivity index (χ2v) is 3.34. The zero-order valence-corrected chi connectivity index (χ0v) is 8.59. The van der Waals surface area contributed by atoms with Gasteiger partial charge in [-0.3, -0.25) is 10.1 Å². The number of hydrogen-bond acceptors (Lipinski definition) is 5. The molecule has 0 radical (unpaired) electrons. The Morgan fingerprint density at radius 2 is 2.06 bits per heavy atom. The van der Waals surface area contributed by atoms with Crippen molar-refractivity contribution in [3.8, 4) is 5.69 Å². The van der Waals surface area contributed by atoms with E-state index in [2.05, 4.69) is 5.10 Å². The van der Waals surface area contributed by atoms with Crippen molar-refractivity contribution in [1.82, 2.24) is 9.78 Å². The van der Waals surface area contributed by atoms with Crippen LogP contribution in [0.3, 0.4) is 0 Å². The number of aromatic nitrogens is 2. The largest absolute Gasteiger partial charge is 0.491 e. The molecule has 0 amide bonds. The number of nitrogens with zero attached hydrogens (tertiary/aromatic N) is 3. The van der Waals surface area contributed by atoms with Gasteiger partial charge in [0.15, 0.2) is 0 Å². The van der Waals surface area contributed by atoms with Gasteiger partial charge in [-0.25, -0.2) is 4.68 Å². The highest BCUT2D eigenvalue weighted by Crippen LogP contribution is 2.20. The van der Waals surface area contributed by atoms with Gasteiger partial charge in [0.2, 0.25) is 0 Å². The van der Waals surface area contributed by atoms with Crippen molar-refractivity contribution >= 4 is 18.3 Å². The van der Waals surface area contributed by atoms with Crippen LogP contribution >= 0.6 is 0 Å². The lowest BCUT2D eigenvalue weighted by Gasteiger charge is -2.01. The number of para-hydroxylation sites is 2. The van der Waals surface area contributed by atoms with Gasteiger partial charge in [0.05, 0.1) is 4.92 Å². The van der Waals surface area contributed by atoms with Crippen LogP contribution in [0.4, 0.5) is 5.69 Å². The molecule has 2 rings (SSSR count). The summed E-state index contributed by atoms with van der Waals surface area (Å²) in [5.74, 6) is 0. The summed E-state index contributed by atoms with van der Waals surface area (Å²) < 4.78 is 1.23. The molecule has 1 aromatic heterocycles. The minimum atomic E-state index is -1.65. The van der Waals surface area contributed by atoms with E-state index in [0.29, 0.717) is 0 Å². The molecular formula is C9H8BN3O4. The molecule has 0 bridgehead atoms. The third-order valence-electron chi connectivity index (χ3n) is 2.23. The highest BCUT2D eigenvalue weighted by molar-refractivity contribution is 6.58. The zero-order chi connectivity index (χ0) is 12.4. The topological polar surface area (TPSA) is 101 Å². The van der Waals surface area contributed by atoms with Gasteiger partial charge in [-0.05, 0) is 6.07 Å². The first-order chi connectivity index (χ1) is 8.09. The average molecular weight is 233 g/mol. The molecule has 0 saturated heterocycles. The van der Waals surface area contributed by atoms with Crippen molar-refractivity contribution in [3.05, 3.63) is 46.8 Å². The minimum absolute atomic E-state index is 0.102. The van der Waals surface area contributed by atoms with Crippen molar-refractivity contribution < 1.29 is 15.0 Å². The number of benzene rings is 1. The van der Waals surface area contributed by atoms with Gasteiger partial charge in [0.25, 0.3) is 5.69 Å². The Hall–Kier alpha value is -2.19. The van der Waals surface area contributed by atoms with Crippen LogP contribution in [-0.4, -0.2) is 31.9 Å². The first-order valence-electron chi connectivity index (χ1n) is 4.74.